The third-order valence-electron chi connectivity index (χ3n) is 9.00. The second-order valence-corrected chi connectivity index (χ2v) is 13.0. The van der Waals surface area contributed by atoms with Gasteiger partial charge in [0.2, 0.25) is 11.8 Å². The second kappa shape index (κ2) is 20.7. The van der Waals surface area contributed by atoms with Crippen molar-refractivity contribution in [2.75, 3.05) is 13.1 Å². The molecular formula is C43H48N6O4. The van der Waals surface area contributed by atoms with E-state index in [4.69, 9.17) is 0 Å². The summed E-state index contributed by atoms with van der Waals surface area (Å²) in [5.74, 6) is -0.990. The fraction of sp³-hybridized carbons (Fsp3) is 0.279. The number of unbranched alkanes of at least 4 members (excludes halogenated alkanes) is 5. The third kappa shape index (κ3) is 12.6. The number of carbonyl (C=O) groups is 4. The zero-order valence-electron chi connectivity index (χ0n) is 29.9. The highest BCUT2D eigenvalue weighted by molar-refractivity contribution is 5.98. The SMILES string of the molecule is O=C(N[C@@H](Cc1ccccc1)C(=O)NCCCCCCCCNC(=O)[C@H](Cc1ccccc1)NC(=O)c1ccc(-c2cnc[nH]2)cc1)c1ccccc1. The van der Waals surface area contributed by atoms with Gasteiger partial charge in [0.05, 0.1) is 18.2 Å². The molecule has 0 saturated carbocycles. The minimum Gasteiger partial charge on any atom is -0.354 e. The Morgan fingerprint density at radius 1 is 0.528 bits per heavy atom. The number of aromatic amines is 1. The van der Waals surface area contributed by atoms with Gasteiger partial charge in [0.25, 0.3) is 11.8 Å². The highest BCUT2D eigenvalue weighted by Crippen LogP contribution is 2.17. The van der Waals surface area contributed by atoms with E-state index in [-0.39, 0.29) is 23.6 Å². The van der Waals surface area contributed by atoms with Gasteiger partial charge in [0, 0.05) is 37.1 Å². The number of nitrogens with one attached hydrogen (secondary N) is 5. The molecule has 0 saturated heterocycles. The molecule has 10 nitrogen and oxygen atoms in total. The first-order valence-corrected chi connectivity index (χ1v) is 18.3. The van der Waals surface area contributed by atoms with Gasteiger partial charge in [-0.3, -0.25) is 19.2 Å². The van der Waals surface area contributed by atoms with Crippen LogP contribution in [-0.4, -0.2) is 58.8 Å². The summed E-state index contributed by atoms with van der Waals surface area (Å²) < 4.78 is 0. The normalized spacial score (nSPS) is 11.9. The van der Waals surface area contributed by atoms with Crippen molar-refractivity contribution < 1.29 is 19.2 Å². The van der Waals surface area contributed by atoms with Gasteiger partial charge in [0.15, 0.2) is 0 Å². The maximum absolute atomic E-state index is 13.3. The molecule has 4 aromatic carbocycles. The van der Waals surface area contributed by atoms with Crippen molar-refractivity contribution in [3.63, 3.8) is 0 Å². The quantitative estimate of drug-likeness (QED) is 0.0626. The van der Waals surface area contributed by atoms with Crippen molar-refractivity contribution in [1.29, 1.82) is 0 Å². The van der Waals surface area contributed by atoms with Gasteiger partial charge in [-0.15, -0.1) is 0 Å². The van der Waals surface area contributed by atoms with E-state index >= 15 is 0 Å². The van der Waals surface area contributed by atoms with Crippen molar-refractivity contribution in [1.82, 2.24) is 31.2 Å². The Kier molecular flexibility index (Phi) is 14.9. The average molecular weight is 713 g/mol. The van der Waals surface area contributed by atoms with Gasteiger partial charge < -0.3 is 26.3 Å². The summed E-state index contributed by atoms with van der Waals surface area (Å²) in [5, 5.41) is 11.9. The smallest absolute Gasteiger partial charge is 0.251 e. The summed E-state index contributed by atoms with van der Waals surface area (Å²) in [6, 6.07) is 34.0. The first-order chi connectivity index (χ1) is 26.0. The number of benzene rings is 4. The predicted molar refractivity (Wildman–Crippen MR) is 207 cm³/mol. The van der Waals surface area contributed by atoms with E-state index < -0.39 is 12.1 Å². The van der Waals surface area contributed by atoms with Crippen molar-refractivity contribution in [3.8, 4) is 11.3 Å². The lowest BCUT2D eigenvalue weighted by Crippen LogP contribution is -2.48. The summed E-state index contributed by atoms with van der Waals surface area (Å²) in [6.45, 7) is 1.05. The van der Waals surface area contributed by atoms with E-state index in [1.54, 1.807) is 48.9 Å². The molecule has 4 amide bonds. The third-order valence-corrected chi connectivity index (χ3v) is 9.00. The van der Waals surface area contributed by atoms with Crippen LogP contribution >= 0.6 is 0 Å². The monoisotopic (exact) mass is 712 g/mol. The Bertz CT molecular complexity index is 1850. The van der Waals surface area contributed by atoms with E-state index in [2.05, 4.69) is 31.2 Å². The Hall–Kier alpha value is -6.03. The molecule has 1 heterocycles. The van der Waals surface area contributed by atoms with E-state index in [1.807, 2.05) is 78.9 Å². The number of aromatic nitrogens is 2. The van der Waals surface area contributed by atoms with Gasteiger partial charge >= 0.3 is 0 Å². The number of rotatable bonds is 20. The van der Waals surface area contributed by atoms with Crippen LogP contribution in [0.15, 0.2) is 128 Å². The molecule has 0 radical (unpaired) electrons. The van der Waals surface area contributed by atoms with Crippen LogP contribution in [0.2, 0.25) is 0 Å². The number of imidazole rings is 1. The molecule has 53 heavy (non-hydrogen) atoms. The van der Waals surface area contributed by atoms with Crippen LogP contribution in [0, 0.1) is 0 Å². The van der Waals surface area contributed by atoms with Crippen LogP contribution in [0.3, 0.4) is 0 Å². The van der Waals surface area contributed by atoms with E-state index in [9.17, 15) is 19.2 Å². The molecule has 274 valence electrons. The molecule has 10 heteroatoms. The number of nitrogens with zero attached hydrogens (tertiary/aromatic N) is 1. The summed E-state index contributed by atoms with van der Waals surface area (Å²) in [4.78, 5) is 59.5. The van der Waals surface area contributed by atoms with Crippen molar-refractivity contribution in [2.24, 2.45) is 0 Å². The standard InChI is InChI=1S/C43H48N6O4/c50-40(35-20-12-7-13-21-35)48-37(28-32-16-8-5-9-17-32)42(52)45-26-14-3-1-2-4-15-27-46-43(53)38(29-33-18-10-6-11-19-33)49-41(51)36-24-22-34(23-25-36)39-30-44-31-47-39/h5-13,16-25,30-31,37-38H,1-4,14-15,26-29H2,(H,44,47)(H,45,52)(H,46,53)(H,48,50)(H,49,51)/t37-,38-/m0/s1. The average Bonchev–Trinajstić information content (AvgIpc) is 3.74. The number of amides is 4. The molecule has 0 unspecified atom stereocenters. The number of hydrogen-bond acceptors (Lipinski definition) is 5. The van der Waals surface area contributed by atoms with Gasteiger partial charge in [-0.2, -0.15) is 0 Å². The maximum Gasteiger partial charge on any atom is 0.251 e. The Balaban J connectivity index is 0.997. The largest absolute Gasteiger partial charge is 0.354 e. The first-order valence-electron chi connectivity index (χ1n) is 18.3. The van der Waals surface area contributed by atoms with Crippen LogP contribution in [0.5, 0.6) is 0 Å². The molecule has 0 aliphatic rings. The highest BCUT2D eigenvalue weighted by Gasteiger charge is 2.23. The molecule has 0 aliphatic heterocycles. The summed E-state index contributed by atoms with van der Waals surface area (Å²) in [6.07, 6.45) is 9.70. The summed E-state index contributed by atoms with van der Waals surface area (Å²) in [7, 11) is 0. The maximum atomic E-state index is 13.3. The predicted octanol–water partition coefficient (Wildman–Crippen LogP) is 6.03. The molecule has 2 atom stereocenters. The van der Waals surface area contributed by atoms with Gasteiger partial charge in [-0.05, 0) is 53.8 Å². The fourth-order valence-electron chi connectivity index (χ4n) is 6.03. The molecule has 0 fully saturated rings. The summed E-state index contributed by atoms with van der Waals surface area (Å²) in [5.41, 5.74) is 4.70. The zero-order valence-corrected chi connectivity index (χ0v) is 29.9. The fourth-order valence-corrected chi connectivity index (χ4v) is 6.03. The Morgan fingerprint density at radius 2 is 0.962 bits per heavy atom. The number of H-pyrrole nitrogens is 1. The van der Waals surface area contributed by atoms with E-state index in [0.29, 0.717) is 37.1 Å². The number of hydrogen-bond donors (Lipinski definition) is 5. The van der Waals surface area contributed by atoms with Crippen LogP contribution in [0.25, 0.3) is 11.3 Å². The van der Waals surface area contributed by atoms with E-state index in [1.165, 1.54) is 0 Å². The second-order valence-electron chi connectivity index (χ2n) is 13.0. The van der Waals surface area contributed by atoms with Crippen molar-refractivity contribution in [3.05, 3.63) is 150 Å². The Labute approximate surface area is 311 Å². The lowest BCUT2D eigenvalue weighted by Gasteiger charge is -2.19. The van der Waals surface area contributed by atoms with E-state index in [0.717, 1.165) is 60.9 Å². The van der Waals surface area contributed by atoms with Crippen molar-refractivity contribution >= 4 is 23.6 Å². The lowest BCUT2D eigenvalue weighted by atomic mass is 10.0. The molecule has 5 rings (SSSR count). The summed E-state index contributed by atoms with van der Waals surface area (Å²) >= 11 is 0. The molecular weight excluding hydrogens is 665 g/mol. The van der Waals surface area contributed by atoms with Gasteiger partial charge in [0.1, 0.15) is 12.1 Å². The molecule has 5 aromatic rings. The topological polar surface area (TPSA) is 145 Å². The van der Waals surface area contributed by atoms with Crippen LogP contribution in [0.1, 0.15) is 70.4 Å². The minimum atomic E-state index is -0.716. The van der Waals surface area contributed by atoms with Crippen molar-refractivity contribution in [2.45, 2.75) is 63.5 Å². The zero-order chi connectivity index (χ0) is 37.1. The van der Waals surface area contributed by atoms with Crippen LogP contribution in [0.4, 0.5) is 0 Å². The molecule has 5 N–H and O–H groups in total. The highest BCUT2D eigenvalue weighted by atomic mass is 16.2. The van der Waals surface area contributed by atoms with Crippen LogP contribution < -0.4 is 21.3 Å². The first kappa shape index (κ1) is 38.2. The van der Waals surface area contributed by atoms with Gasteiger partial charge in [-0.1, -0.05) is 117 Å². The minimum absolute atomic E-state index is 0.196. The Morgan fingerprint density at radius 3 is 1.42 bits per heavy atom. The van der Waals surface area contributed by atoms with Crippen LogP contribution in [-0.2, 0) is 22.4 Å². The molecule has 0 bridgehead atoms. The lowest BCUT2D eigenvalue weighted by molar-refractivity contribution is -0.123. The molecule has 1 aromatic heterocycles. The molecule has 0 aliphatic carbocycles. The number of carbonyl (C=O) groups excluding carboxylic acids is 4. The van der Waals surface area contributed by atoms with Gasteiger partial charge in [-0.25, -0.2) is 4.98 Å². The molecule has 0 spiro atoms.